The van der Waals surface area contributed by atoms with Gasteiger partial charge in [0.2, 0.25) is 12.0 Å². The van der Waals surface area contributed by atoms with Gasteiger partial charge in [-0.15, -0.1) is 0 Å². The summed E-state index contributed by atoms with van der Waals surface area (Å²) in [6.45, 7) is 6.24. The zero-order valence-electron chi connectivity index (χ0n) is 13.5. The molecule has 1 atom stereocenters. The quantitative estimate of drug-likeness (QED) is 0.821. The van der Waals surface area contributed by atoms with Crippen LogP contribution in [-0.4, -0.2) is 60.5 Å². The van der Waals surface area contributed by atoms with E-state index in [0.29, 0.717) is 37.7 Å². The molecule has 2 amide bonds. The monoisotopic (exact) mass is 318 g/mol. The van der Waals surface area contributed by atoms with Gasteiger partial charge in [-0.05, 0) is 12.1 Å². The van der Waals surface area contributed by atoms with Crippen LogP contribution in [0.25, 0.3) is 0 Å². The van der Waals surface area contributed by atoms with Crippen molar-refractivity contribution in [2.45, 2.75) is 20.0 Å². The maximum atomic E-state index is 12.6. The Labute approximate surface area is 136 Å². The minimum absolute atomic E-state index is 0.0103. The molecule has 1 saturated heterocycles. The second-order valence-electron chi connectivity index (χ2n) is 6.17. The lowest BCUT2D eigenvalue weighted by atomic mass is 10.1. The number of carbonyl (C=O) groups is 2. The first-order chi connectivity index (χ1) is 11.1. The molecule has 0 radical (unpaired) electrons. The standard InChI is InChI=1S/C17H22N2O4/c1-12(2)16(20)18-7-9-19(10-8-18)17(21)15-11-22-13-5-3-4-6-14(13)23-15/h3-6,12,15H,7-11H2,1-2H3. The molecule has 0 spiro atoms. The van der Waals surface area contributed by atoms with Gasteiger partial charge < -0.3 is 19.3 Å². The molecule has 0 aromatic heterocycles. The van der Waals surface area contributed by atoms with E-state index in [2.05, 4.69) is 0 Å². The third kappa shape index (κ3) is 3.25. The Morgan fingerprint density at radius 1 is 1.04 bits per heavy atom. The largest absolute Gasteiger partial charge is 0.485 e. The molecule has 1 fully saturated rings. The van der Waals surface area contributed by atoms with E-state index >= 15 is 0 Å². The number of nitrogens with zero attached hydrogens (tertiary/aromatic N) is 2. The van der Waals surface area contributed by atoms with E-state index in [1.54, 1.807) is 11.0 Å². The van der Waals surface area contributed by atoms with Crippen molar-refractivity contribution in [1.29, 1.82) is 0 Å². The molecule has 2 aliphatic heterocycles. The molecule has 2 heterocycles. The molecular formula is C17H22N2O4. The number of hydrogen-bond donors (Lipinski definition) is 0. The van der Waals surface area contributed by atoms with Crippen LogP contribution in [0.15, 0.2) is 24.3 Å². The highest BCUT2D eigenvalue weighted by Crippen LogP contribution is 2.31. The van der Waals surface area contributed by atoms with E-state index in [4.69, 9.17) is 9.47 Å². The number of rotatable bonds is 2. The van der Waals surface area contributed by atoms with Crippen molar-refractivity contribution < 1.29 is 19.1 Å². The number of fused-ring (bicyclic) bond motifs is 1. The van der Waals surface area contributed by atoms with Gasteiger partial charge in [-0.1, -0.05) is 26.0 Å². The van der Waals surface area contributed by atoms with Gasteiger partial charge in [0.15, 0.2) is 11.5 Å². The van der Waals surface area contributed by atoms with E-state index in [-0.39, 0.29) is 24.3 Å². The van der Waals surface area contributed by atoms with Gasteiger partial charge in [-0.2, -0.15) is 0 Å². The van der Waals surface area contributed by atoms with Crippen LogP contribution < -0.4 is 9.47 Å². The Morgan fingerprint density at radius 2 is 1.65 bits per heavy atom. The Hall–Kier alpha value is -2.24. The molecule has 3 rings (SSSR count). The molecule has 6 heteroatoms. The van der Waals surface area contributed by atoms with E-state index < -0.39 is 6.10 Å². The van der Waals surface area contributed by atoms with E-state index in [0.717, 1.165) is 0 Å². The van der Waals surface area contributed by atoms with Gasteiger partial charge in [0.1, 0.15) is 6.61 Å². The smallest absolute Gasteiger partial charge is 0.267 e. The molecule has 2 aliphatic rings. The van der Waals surface area contributed by atoms with Crippen molar-refractivity contribution in [3.8, 4) is 11.5 Å². The van der Waals surface area contributed by atoms with Crippen molar-refractivity contribution >= 4 is 11.8 Å². The fraction of sp³-hybridized carbons (Fsp3) is 0.529. The van der Waals surface area contributed by atoms with Crippen LogP contribution in [0.3, 0.4) is 0 Å². The maximum Gasteiger partial charge on any atom is 0.267 e. The van der Waals surface area contributed by atoms with Crippen LogP contribution >= 0.6 is 0 Å². The summed E-state index contributed by atoms with van der Waals surface area (Å²) in [5.74, 6) is 1.33. The Balaban J connectivity index is 1.57. The number of para-hydroxylation sites is 2. The summed E-state index contributed by atoms with van der Waals surface area (Å²) >= 11 is 0. The Morgan fingerprint density at radius 3 is 2.30 bits per heavy atom. The zero-order valence-corrected chi connectivity index (χ0v) is 13.5. The summed E-state index contributed by atoms with van der Waals surface area (Å²) in [6.07, 6.45) is -0.614. The van der Waals surface area contributed by atoms with Crippen LogP contribution in [0.4, 0.5) is 0 Å². The third-order valence-corrected chi connectivity index (χ3v) is 4.18. The van der Waals surface area contributed by atoms with Gasteiger partial charge in [0, 0.05) is 32.1 Å². The predicted molar refractivity (Wildman–Crippen MR) is 84.4 cm³/mol. The Kier molecular flexibility index (Phi) is 4.41. The van der Waals surface area contributed by atoms with Crippen LogP contribution in [0.2, 0.25) is 0 Å². The van der Waals surface area contributed by atoms with E-state index in [1.807, 2.05) is 36.9 Å². The predicted octanol–water partition coefficient (Wildman–Crippen LogP) is 1.15. The fourth-order valence-electron chi connectivity index (χ4n) is 2.86. The average molecular weight is 318 g/mol. The number of piperazine rings is 1. The van der Waals surface area contributed by atoms with Gasteiger partial charge >= 0.3 is 0 Å². The van der Waals surface area contributed by atoms with Crippen molar-refractivity contribution in [3.05, 3.63) is 24.3 Å². The van der Waals surface area contributed by atoms with Crippen LogP contribution in [0.1, 0.15) is 13.8 Å². The molecule has 0 saturated carbocycles. The molecule has 1 aromatic carbocycles. The molecular weight excluding hydrogens is 296 g/mol. The van der Waals surface area contributed by atoms with Crippen LogP contribution in [0, 0.1) is 5.92 Å². The summed E-state index contributed by atoms with van der Waals surface area (Å²) < 4.78 is 11.4. The first-order valence-electron chi connectivity index (χ1n) is 8.02. The summed E-state index contributed by atoms with van der Waals surface area (Å²) in [6, 6.07) is 7.35. The fourth-order valence-corrected chi connectivity index (χ4v) is 2.86. The number of carbonyl (C=O) groups excluding carboxylic acids is 2. The number of amides is 2. The van der Waals surface area contributed by atoms with Gasteiger partial charge in [-0.25, -0.2) is 0 Å². The topological polar surface area (TPSA) is 59.1 Å². The lowest BCUT2D eigenvalue weighted by Gasteiger charge is -2.37. The minimum Gasteiger partial charge on any atom is -0.485 e. The number of benzene rings is 1. The molecule has 0 N–H and O–H groups in total. The molecule has 124 valence electrons. The lowest BCUT2D eigenvalue weighted by Crippen LogP contribution is -2.55. The highest BCUT2D eigenvalue weighted by atomic mass is 16.6. The van der Waals surface area contributed by atoms with Gasteiger partial charge in [-0.3, -0.25) is 9.59 Å². The number of ether oxygens (including phenoxy) is 2. The van der Waals surface area contributed by atoms with E-state index in [1.165, 1.54) is 0 Å². The second kappa shape index (κ2) is 6.48. The molecule has 0 bridgehead atoms. The first-order valence-corrected chi connectivity index (χ1v) is 8.02. The van der Waals surface area contributed by atoms with Crippen molar-refractivity contribution in [2.75, 3.05) is 32.8 Å². The van der Waals surface area contributed by atoms with Crippen molar-refractivity contribution in [3.63, 3.8) is 0 Å². The summed E-state index contributed by atoms with van der Waals surface area (Å²) in [5, 5.41) is 0. The lowest BCUT2D eigenvalue weighted by molar-refractivity contribution is -0.147. The van der Waals surface area contributed by atoms with Gasteiger partial charge in [0.05, 0.1) is 0 Å². The van der Waals surface area contributed by atoms with Gasteiger partial charge in [0.25, 0.3) is 5.91 Å². The van der Waals surface area contributed by atoms with Crippen molar-refractivity contribution in [2.24, 2.45) is 5.92 Å². The molecule has 23 heavy (non-hydrogen) atoms. The molecule has 1 aromatic rings. The molecule has 0 aliphatic carbocycles. The SMILES string of the molecule is CC(C)C(=O)N1CCN(C(=O)C2COc3ccccc3O2)CC1. The van der Waals surface area contributed by atoms with Crippen molar-refractivity contribution in [1.82, 2.24) is 9.80 Å². The maximum absolute atomic E-state index is 12.6. The molecule has 6 nitrogen and oxygen atoms in total. The highest BCUT2D eigenvalue weighted by Gasteiger charge is 2.33. The number of hydrogen-bond acceptors (Lipinski definition) is 4. The second-order valence-corrected chi connectivity index (χ2v) is 6.17. The summed E-state index contributed by atoms with van der Waals surface area (Å²) in [4.78, 5) is 28.2. The normalized spacial score (nSPS) is 20.6. The highest BCUT2D eigenvalue weighted by molar-refractivity contribution is 5.83. The summed E-state index contributed by atoms with van der Waals surface area (Å²) in [5.41, 5.74) is 0. The minimum atomic E-state index is -0.614. The molecule has 1 unspecified atom stereocenters. The third-order valence-electron chi connectivity index (χ3n) is 4.18. The van der Waals surface area contributed by atoms with Crippen LogP contribution in [0.5, 0.6) is 11.5 Å². The first kappa shape index (κ1) is 15.6. The average Bonchev–Trinajstić information content (AvgIpc) is 2.60. The zero-order chi connectivity index (χ0) is 16.4. The summed E-state index contributed by atoms with van der Waals surface area (Å²) in [7, 11) is 0. The van der Waals surface area contributed by atoms with E-state index in [9.17, 15) is 9.59 Å². The van der Waals surface area contributed by atoms with Crippen LogP contribution in [-0.2, 0) is 9.59 Å². The Bertz CT molecular complexity index is 594.